The average molecular weight is 496 g/mol. The lowest BCUT2D eigenvalue weighted by atomic mass is 9.86. The molecule has 0 amide bonds. The number of hydrogen-bond acceptors (Lipinski definition) is 4. The number of benzene rings is 2. The van der Waals surface area contributed by atoms with Crippen LogP contribution in [0.2, 0.25) is 10.0 Å². The molecule has 0 bridgehead atoms. The summed E-state index contributed by atoms with van der Waals surface area (Å²) in [4.78, 5) is 0. The summed E-state index contributed by atoms with van der Waals surface area (Å²) in [6.45, 7) is 4.86. The molecule has 2 aromatic rings. The zero-order chi connectivity index (χ0) is 20.4. The molecule has 0 aromatic heterocycles. The second-order valence-electron chi connectivity index (χ2n) is 8.50. The van der Waals surface area contributed by atoms with Crippen LogP contribution in [0.4, 0.5) is 0 Å². The second-order valence-corrected chi connectivity index (χ2v) is 10.3. The summed E-state index contributed by atoms with van der Waals surface area (Å²) in [5, 5.41) is 8.47. The smallest absolute Gasteiger partial charge is 0.203 e. The topological polar surface area (TPSA) is 34.1 Å². The van der Waals surface area contributed by atoms with Gasteiger partial charge in [-0.1, -0.05) is 45.2 Å². The van der Waals surface area contributed by atoms with Crippen molar-refractivity contribution >= 4 is 44.8 Å². The molecule has 3 heterocycles. The fraction of sp³-hybridized carbons (Fsp3) is 0.409. The normalized spacial score (nSPS) is 27.3. The van der Waals surface area contributed by atoms with Crippen molar-refractivity contribution < 1.29 is 9.47 Å². The molecule has 0 unspecified atom stereocenters. The number of hydrazone groups is 1. The predicted octanol–water partition coefficient (Wildman–Crippen LogP) is 6.58. The van der Waals surface area contributed by atoms with Crippen molar-refractivity contribution in [1.82, 2.24) is 5.01 Å². The van der Waals surface area contributed by atoms with Crippen LogP contribution in [0.3, 0.4) is 0 Å². The first-order valence-corrected chi connectivity index (χ1v) is 11.3. The maximum atomic E-state index is 6.66. The van der Waals surface area contributed by atoms with Gasteiger partial charge in [-0.3, -0.25) is 0 Å². The lowest BCUT2D eigenvalue weighted by Gasteiger charge is -2.52. The summed E-state index contributed by atoms with van der Waals surface area (Å²) in [6.07, 6.45) is 2.25. The molecule has 1 spiro atoms. The number of ether oxygens (including phenoxy) is 2. The SMILES string of the molecule is CC1(C)C[C@]2(CCO1)Oc1ccc(Br)cc1[C@@H]1CC(c3ccc(Cl)cc3Cl)=NN12. The Bertz CT molecular complexity index is 1030. The molecule has 4 nitrogen and oxygen atoms in total. The molecule has 1 fully saturated rings. The Kier molecular flexibility index (Phi) is 4.67. The van der Waals surface area contributed by atoms with Gasteiger partial charge < -0.3 is 9.47 Å². The maximum absolute atomic E-state index is 6.66. The van der Waals surface area contributed by atoms with E-state index in [0.717, 1.165) is 46.3 Å². The van der Waals surface area contributed by atoms with Gasteiger partial charge in [0, 0.05) is 39.9 Å². The van der Waals surface area contributed by atoms with Crippen LogP contribution in [0.5, 0.6) is 5.75 Å². The number of halogens is 3. The Hall–Kier alpha value is -1.27. The first kappa shape index (κ1) is 19.7. The minimum Gasteiger partial charge on any atom is -0.466 e. The van der Waals surface area contributed by atoms with Crippen molar-refractivity contribution in [2.75, 3.05) is 6.61 Å². The lowest BCUT2D eigenvalue weighted by Crippen LogP contribution is -2.60. The van der Waals surface area contributed by atoms with Gasteiger partial charge in [0.05, 0.1) is 29.0 Å². The highest BCUT2D eigenvalue weighted by Crippen LogP contribution is 2.52. The highest BCUT2D eigenvalue weighted by Gasteiger charge is 2.54. The molecule has 0 aliphatic carbocycles. The number of rotatable bonds is 1. The first-order chi connectivity index (χ1) is 13.8. The number of hydrogen-bond donors (Lipinski definition) is 0. The molecule has 0 saturated carbocycles. The third-order valence-electron chi connectivity index (χ3n) is 5.89. The van der Waals surface area contributed by atoms with Gasteiger partial charge in [-0.05, 0) is 44.2 Å². The van der Waals surface area contributed by atoms with Crippen LogP contribution in [0.25, 0.3) is 0 Å². The van der Waals surface area contributed by atoms with E-state index in [2.05, 4.69) is 40.9 Å². The van der Waals surface area contributed by atoms with Crippen molar-refractivity contribution in [3.63, 3.8) is 0 Å². The highest BCUT2D eigenvalue weighted by molar-refractivity contribution is 9.10. The average Bonchev–Trinajstić information content (AvgIpc) is 3.08. The standard InChI is InChI=1S/C22H21BrCl2N2O2/c1-21(2)12-22(7-8-28-21)27-19(16-9-13(23)3-6-20(16)29-22)11-18(26-27)15-5-4-14(24)10-17(15)25/h3-6,9-10,19H,7-8,11-12H2,1-2H3/t19-,22-/m0/s1. The molecule has 0 radical (unpaired) electrons. The van der Waals surface area contributed by atoms with E-state index in [4.69, 9.17) is 37.8 Å². The second kappa shape index (κ2) is 6.88. The fourth-order valence-electron chi connectivity index (χ4n) is 4.71. The molecule has 0 N–H and O–H groups in total. The van der Waals surface area contributed by atoms with Crippen LogP contribution in [0.1, 0.15) is 50.3 Å². The van der Waals surface area contributed by atoms with E-state index < -0.39 is 5.72 Å². The maximum Gasteiger partial charge on any atom is 0.203 e. The van der Waals surface area contributed by atoms with Gasteiger partial charge in [0.25, 0.3) is 0 Å². The van der Waals surface area contributed by atoms with Crippen LogP contribution in [0, 0.1) is 0 Å². The van der Waals surface area contributed by atoms with E-state index >= 15 is 0 Å². The van der Waals surface area contributed by atoms with Gasteiger partial charge in [-0.15, -0.1) is 0 Å². The minimum absolute atomic E-state index is 0.0897. The van der Waals surface area contributed by atoms with Crippen LogP contribution < -0.4 is 4.74 Å². The Morgan fingerprint density at radius 1 is 1.17 bits per heavy atom. The molecular formula is C22H21BrCl2N2O2. The summed E-state index contributed by atoms with van der Waals surface area (Å²) in [7, 11) is 0. The molecule has 29 heavy (non-hydrogen) atoms. The predicted molar refractivity (Wildman–Crippen MR) is 119 cm³/mol. The van der Waals surface area contributed by atoms with Crippen molar-refractivity contribution in [2.24, 2.45) is 5.10 Å². The van der Waals surface area contributed by atoms with Crippen LogP contribution >= 0.6 is 39.1 Å². The van der Waals surface area contributed by atoms with Gasteiger partial charge >= 0.3 is 0 Å². The summed E-state index contributed by atoms with van der Waals surface area (Å²) < 4.78 is 13.7. The van der Waals surface area contributed by atoms with Crippen molar-refractivity contribution in [3.8, 4) is 5.75 Å². The van der Waals surface area contributed by atoms with Crippen molar-refractivity contribution in [2.45, 2.75) is 50.5 Å². The Labute approximate surface area is 188 Å². The molecule has 5 rings (SSSR count). The van der Waals surface area contributed by atoms with Gasteiger partial charge in [0.15, 0.2) is 0 Å². The molecule has 3 aliphatic rings. The van der Waals surface area contributed by atoms with E-state index in [1.807, 2.05) is 24.3 Å². The van der Waals surface area contributed by atoms with Gasteiger partial charge in [-0.25, -0.2) is 5.01 Å². The summed E-state index contributed by atoms with van der Waals surface area (Å²) in [5.41, 5.74) is 2.19. The molecule has 2 aromatic carbocycles. The highest BCUT2D eigenvalue weighted by atomic mass is 79.9. The quantitative estimate of drug-likeness (QED) is 0.447. The Morgan fingerprint density at radius 2 is 2.00 bits per heavy atom. The molecule has 3 aliphatic heterocycles. The third-order valence-corrected chi connectivity index (χ3v) is 6.93. The lowest BCUT2D eigenvalue weighted by molar-refractivity contribution is -0.212. The number of fused-ring (bicyclic) bond motifs is 4. The van der Waals surface area contributed by atoms with E-state index in [-0.39, 0.29) is 11.6 Å². The largest absolute Gasteiger partial charge is 0.466 e. The minimum atomic E-state index is -0.534. The van der Waals surface area contributed by atoms with Crippen molar-refractivity contribution in [1.29, 1.82) is 0 Å². The van der Waals surface area contributed by atoms with Crippen molar-refractivity contribution in [3.05, 3.63) is 62.0 Å². The zero-order valence-electron chi connectivity index (χ0n) is 16.2. The molecular weight excluding hydrogens is 475 g/mol. The summed E-state index contributed by atoms with van der Waals surface area (Å²) in [6, 6.07) is 11.9. The monoisotopic (exact) mass is 494 g/mol. The van der Waals surface area contributed by atoms with Gasteiger partial charge in [-0.2, -0.15) is 5.10 Å². The molecule has 152 valence electrons. The third kappa shape index (κ3) is 3.36. The fourth-order valence-corrected chi connectivity index (χ4v) is 5.61. The molecule has 1 saturated heterocycles. The number of nitrogens with zero attached hydrogens (tertiary/aromatic N) is 2. The Balaban J connectivity index is 1.63. The summed E-state index contributed by atoms with van der Waals surface area (Å²) >= 11 is 16.2. The van der Waals surface area contributed by atoms with E-state index in [9.17, 15) is 0 Å². The Morgan fingerprint density at radius 3 is 2.76 bits per heavy atom. The van der Waals surface area contributed by atoms with E-state index in [1.165, 1.54) is 0 Å². The summed E-state index contributed by atoms with van der Waals surface area (Å²) in [5.74, 6) is 0.922. The van der Waals surface area contributed by atoms with Gasteiger partial charge in [0.1, 0.15) is 5.75 Å². The van der Waals surface area contributed by atoms with E-state index in [1.54, 1.807) is 6.07 Å². The van der Waals surface area contributed by atoms with Crippen LogP contribution in [-0.2, 0) is 4.74 Å². The molecule has 7 heteroatoms. The van der Waals surface area contributed by atoms with Crippen LogP contribution in [-0.4, -0.2) is 28.7 Å². The first-order valence-electron chi connectivity index (χ1n) is 9.71. The zero-order valence-corrected chi connectivity index (χ0v) is 19.3. The van der Waals surface area contributed by atoms with E-state index in [0.29, 0.717) is 16.7 Å². The van der Waals surface area contributed by atoms with Gasteiger partial charge in [0.2, 0.25) is 5.72 Å². The molecule has 2 atom stereocenters. The van der Waals surface area contributed by atoms with Crippen LogP contribution in [0.15, 0.2) is 46.0 Å².